The standard InChI is InChI=1S/C8H10BrNO3S2/c1-2-5-15(12,13)10-8(11)6-3-4-7(9)14-6/h3-4H,2,5H2,1H3,(H,10,11). The molecule has 1 rings (SSSR count). The average Bonchev–Trinajstić information content (AvgIpc) is 2.50. The Morgan fingerprint density at radius 1 is 1.53 bits per heavy atom. The second-order valence-corrected chi connectivity index (χ2v) is 7.16. The molecule has 1 amide bonds. The SMILES string of the molecule is CCCS(=O)(=O)NC(=O)c1ccc(Br)s1. The van der Waals surface area contributed by atoms with Gasteiger partial charge in [0.2, 0.25) is 10.0 Å². The Morgan fingerprint density at radius 2 is 2.20 bits per heavy atom. The van der Waals surface area contributed by atoms with Crippen molar-refractivity contribution >= 4 is 43.2 Å². The first-order valence-electron chi connectivity index (χ1n) is 4.25. The van der Waals surface area contributed by atoms with Gasteiger partial charge >= 0.3 is 0 Å². The first kappa shape index (κ1) is 12.7. The summed E-state index contributed by atoms with van der Waals surface area (Å²) in [6.45, 7) is 1.74. The van der Waals surface area contributed by atoms with Crippen LogP contribution >= 0.6 is 27.3 Å². The maximum absolute atomic E-state index is 11.4. The van der Waals surface area contributed by atoms with E-state index in [9.17, 15) is 13.2 Å². The molecule has 0 aliphatic rings. The van der Waals surface area contributed by atoms with Crippen LogP contribution in [0.4, 0.5) is 0 Å². The van der Waals surface area contributed by atoms with E-state index in [4.69, 9.17) is 0 Å². The number of carbonyl (C=O) groups is 1. The van der Waals surface area contributed by atoms with Gasteiger partial charge in [0.15, 0.2) is 0 Å². The van der Waals surface area contributed by atoms with Gasteiger partial charge in [-0.05, 0) is 34.5 Å². The summed E-state index contributed by atoms with van der Waals surface area (Å²) < 4.78 is 25.4. The van der Waals surface area contributed by atoms with Gasteiger partial charge in [-0.15, -0.1) is 11.3 Å². The van der Waals surface area contributed by atoms with E-state index in [0.29, 0.717) is 11.3 Å². The van der Waals surface area contributed by atoms with Gasteiger partial charge in [-0.3, -0.25) is 4.79 Å². The van der Waals surface area contributed by atoms with E-state index in [1.54, 1.807) is 19.1 Å². The van der Waals surface area contributed by atoms with E-state index >= 15 is 0 Å². The maximum Gasteiger partial charge on any atom is 0.274 e. The molecule has 0 aromatic carbocycles. The first-order valence-corrected chi connectivity index (χ1v) is 7.51. The molecule has 1 heterocycles. The van der Waals surface area contributed by atoms with Gasteiger partial charge in [0.1, 0.15) is 0 Å². The third kappa shape index (κ3) is 3.92. The Hall–Kier alpha value is -0.400. The Bertz CT molecular complexity index is 452. The lowest BCUT2D eigenvalue weighted by Crippen LogP contribution is -2.31. The number of sulfonamides is 1. The summed E-state index contributed by atoms with van der Waals surface area (Å²) in [6.07, 6.45) is 0.483. The summed E-state index contributed by atoms with van der Waals surface area (Å²) in [5, 5.41) is 0. The lowest BCUT2D eigenvalue weighted by atomic mass is 10.5. The van der Waals surface area contributed by atoms with Crippen LogP contribution in [0.25, 0.3) is 0 Å². The van der Waals surface area contributed by atoms with E-state index in [-0.39, 0.29) is 5.75 Å². The fraction of sp³-hybridized carbons (Fsp3) is 0.375. The molecule has 1 aromatic heterocycles. The van der Waals surface area contributed by atoms with Crippen molar-refractivity contribution in [2.45, 2.75) is 13.3 Å². The minimum atomic E-state index is -3.48. The van der Waals surface area contributed by atoms with E-state index < -0.39 is 15.9 Å². The highest BCUT2D eigenvalue weighted by Gasteiger charge is 2.16. The number of hydrogen-bond acceptors (Lipinski definition) is 4. The van der Waals surface area contributed by atoms with Gasteiger partial charge in [0.05, 0.1) is 14.4 Å². The lowest BCUT2D eigenvalue weighted by molar-refractivity contribution is 0.0985. The molecule has 4 nitrogen and oxygen atoms in total. The van der Waals surface area contributed by atoms with Crippen LogP contribution in [0, 0.1) is 0 Å². The number of nitrogens with one attached hydrogen (secondary N) is 1. The van der Waals surface area contributed by atoms with Crippen LogP contribution in [0.5, 0.6) is 0 Å². The minimum absolute atomic E-state index is 0.0364. The molecule has 84 valence electrons. The zero-order valence-electron chi connectivity index (χ0n) is 7.99. The number of rotatable bonds is 4. The number of thiophene rings is 1. The summed E-state index contributed by atoms with van der Waals surface area (Å²) in [4.78, 5) is 11.8. The van der Waals surface area contributed by atoms with Crippen molar-refractivity contribution in [2.75, 3.05) is 5.75 Å². The number of amides is 1. The van der Waals surface area contributed by atoms with Gasteiger partial charge < -0.3 is 0 Å². The van der Waals surface area contributed by atoms with Crippen LogP contribution in [0.15, 0.2) is 15.9 Å². The Morgan fingerprint density at radius 3 is 2.67 bits per heavy atom. The third-order valence-corrected chi connectivity index (χ3v) is 4.58. The highest BCUT2D eigenvalue weighted by molar-refractivity contribution is 9.11. The summed E-state index contributed by atoms with van der Waals surface area (Å²) in [7, 11) is -3.48. The summed E-state index contributed by atoms with van der Waals surface area (Å²) >= 11 is 4.39. The smallest absolute Gasteiger partial charge is 0.267 e. The molecule has 1 N–H and O–H groups in total. The Balaban J connectivity index is 2.72. The van der Waals surface area contributed by atoms with E-state index in [1.807, 2.05) is 4.72 Å². The Kier molecular flexibility index (Phi) is 4.30. The fourth-order valence-electron chi connectivity index (χ4n) is 0.948. The minimum Gasteiger partial charge on any atom is -0.267 e. The van der Waals surface area contributed by atoms with E-state index in [0.717, 1.165) is 3.79 Å². The molecule has 7 heteroatoms. The van der Waals surface area contributed by atoms with Crippen LogP contribution in [-0.2, 0) is 10.0 Å². The summed E-state index contributed by atoms with van der Waals surface area (Å²) in [6, 6.07) is 3.28. The molecule has 0 saturated carbocycles. The van der Waals surface area contributed by atoms with Crippen LogP contribution in [-0.4, -0.2) is 20.1 Å². The lowest BCUT2D eigenvalue weighted by Gasteiger charge is -2.03. The van der Waals surface area contributed by atoms with Crippen LogP contribution < -0.4 is 4.72 Å². The van der Waals surface area contributed by atoms with Crippen molar-refractivity contribution in [2.24, 2.45) is 0 Å². The molecule has 0 aliphatic carbocycles. The van der Waals surface area contributed by atoms with Gasteiger partial charge in [-0.25, -0.2) is 13.1 Å². The highest BCUT2D eigenvalue weighted by atomic mass is 79.9. The van der Waals surface area contributed by atoms with Gasteiger partial charge in [-0.1, -0.05) is 6.92 Å². The molecule has 0 aliphatic heterocycles. The van der Waals surface area contributed by atoms with Gasteiger partial charge in [0, 0.05) is 0 Å². The Labute approximate surface area is 101 Å². The van der Waals surface area contributed by atoms with Crippen molar-refractivity contribution in [3.05, 3.63) is 20.8 Å². The van der Waals surface area contributed by atoms with Crippen molar-refractivity contribution in [1.82, 2.24) is 4.72 Å². The molecule has 0 spiro atoms. The second-order valence-electron chi connectivity index (χ2n) is 2.85. The molecule has 0 saturated heterocycles. The van der Waals surface area contributed by atoms with Crippen molar-refractivity contribution in [1.29, 1.82) is 0 Å². The summed E-state index contributed by atoms with van der Waals surface area (Å²) in [5.41, 5.74) is 0. The highest BCUT2D eigenvalue weighted by Crippen LogP contribution is 2.21. The first-order chi connectivity index (χ1) is 6.94. The molecular formula is C8H10BrNO3S2. The average molecular weight is 312 g/mol. The van der Waals surface area contributed by atoms with Crippen LogP contribution in [0.1, 0.15) is 23.0 Å². The fourth-order valence-corrected chi connectivity index (χ4v) is 3.33. The zero-order valence-corrected chi connectivity index (χ0v) is 11.2. The van der Waals surface area contributed by atoms with Crippen molar-refractivity contribution < 1.29 is 13.2 Å². The van der Waals surface area contributed by atoms with Gasteiger partial charge in [-0.2, -0.15) is 0 Å². The second kappa shape index (κ2) is 5.09. The molecule has 0 bridgehead atoms. The molecule has 1 aromatic rings. The molecule has 0 atom stereocenters. The maximum atomic E-state index is 11.4. The predicted octanol–water partition coefficient (Wildman–Crippen LogP) is 1.98. The number of hydrogen-bond donors (Lipinski definition) is 1. The topological polar surface area (TPSA) is 63.2 Å². The normalized spacial score (nSPS) is 11.3. The quantitative estimate of drug-likeness (QED) is 0.924. The zero-order chi connectivity index (χ0) is 11.5. The monoisotopic (exact) mass is 311 g/mol. The molecule has 15 heavy (non-hydrogen) atoms. The largest absolute Gasteiger partial charge is 0.274 e. The molecular weight excluding hydrogens is 302 g/mol. The van der Waals surface area contributed by atoms with Crippen LogP contribution in [0.2, 0.25) is 0 Å². The summed E-state index contributed by atoms with van der Waals surface area (Å²) in [5.74, 6) is -0.607. The third-order valence-electron chi connectivity index (χ3n) is 1.52. The van der Waals surface area contributed by atoms with Crippen molar-refractivity contribution in [3.8, 4) is 0 Å². The number of halogens is 1. The van der Waals surface area contributed by atoms with E-state index in [2.05, 4.69) is 15.9 Å². The predicted molar refractivity (Wildman–Crippen MR) is 63.6 cm³/mol. The van der Waals surface area contributed by atoms with Gasteiger partial charge in [0.25, 0.3) is 5.91 Å². The molecule has 0 unspecified atom stereocenters. The van der Waals surface area contributed by atoms with E-state index in [1.165, 1.54) is 11.3 Å². The van der Waals surface area contributed by atoms with Crippen molar-refractivity contribution in [3.63, 3.8) is 0 Å². The molecule has 0 fully saturated rings. The molecule has 0 radical (unpaired) electrons. The van der Waals surface area contributed by atoms with Crippen LogP contribution in [0.3, 0.4) is 0 Å². The number of carbonyl (C=O) groups excluding carboxylic acids is 1.